The molecule has 0 aliphatic heterocycles. The number of carbonyl (C=O) groups is 1. The van der Waals surface area contributed by atoms with Gasteiger partial charge in [0.1, 0.15) is 5.82 Å². The van der Waals surface area contributed by atoms with Crippen LogP contribution in [0.1, 0.15) is 35.0 Å². The number of nitrogens with zero attached hydrogens (tertiary/aromatic N) is 3. The Balaban J connectivity index is 1.34. The molecule has 1 fully saturated rings. The molecular weight excluding hydrogens is 330 g/mol. The minimum atomic E-state index is -0.138. The molecule has 1 amide bonds. The van der Waals surface area contributed by atoms with Crippen molar-refractivity contribution in [3.8, 4) is 11.4 Å². The van der Waals surface area contributed by atoms with E-state index >= 15 is 0 Å². The first kappa shape index (κ1) is 16.3. The molecule has 7 heteroatoms. The van der Waals surface area contributed by atoms with E-state index in [0.717, 1.165) is 24.2 Å². The maximum Gasteiger partial charge on any atom is 0.251 e. The summed E-state index contributed by atoms with van der Waals surface area (Å²) >= 11 is 0. The molecule has 0 bridgehead atoms. The zero-order chi connectivity index (χ0) is 17.8. The van der Waals surface area contributed by atoms with Crippen LogP contribution in [-0.4, -0.2) is 34.1 Å². The third-order valence-corrected chi connectivity index (χ3v) is 4.13. The number of pyridine rings is 1. The van der Waals surface area contributed by atoms with Crippen molar-refractivity contribution in [3.63, 3.8) is 0 Å². The van der Waals surface area contributed by atoms with Crippen molar-refractivity contribution in [2.45, 2.75) is 18.8 Å². The molecule has 7 nitrogen and oxygen atoms in total. The quantitative estimate of drug-likeness (QED) is 0.637. The highest BCUT2D eigenvalue weighted by Crippen LogP contribution is 2.39. The summed E-state index contributed by atoms with van der Waals surface area (Å²) in [6.45, 7) is 1.09. The predicted molar refractivity (Wildman–Crippen MR) is 96.8 cm³/mol. The Morgan fingerprint density at radius 1 is 1.15 bits per heavy atom. The van der Waals surface area contributed by atoms with Gasteiger partial charge in [-0.1, -0.05) is 23.4 Å². The summed E-state index contributed by atoms with van der Waals surface area (Å²) in [7, 11) is 0. The van der Waals surface area contributed by atoms with Gasteiger partial charge in [0.15, 0.2) is 0 Å². The van der Waals surface area contributed by atoms with Gasteiger partial charge in [-0.15, -0.1) is 0 Å². The summed E-state index contributed by atoms with van der Waals surface area (Å²) in [5.41, 5.74) is 1.35. The molecule has 1 aliphatic rings. The van der Waals surface area contributed by atoms with Crippen LogP contribution < -0.4 is 10.6 Å². The molecule has 0 spiro atoms. The Morgan fingerprint density at radius 2 is 2.08 bits per heavy atom. The summed E-state index contributed by atoms with van der Waals surface area (Å²) in [5.74, 6) is 2.27. The van der Waals surface area contributed by atoms with Gasteiger partial charge in [0, 0.05) is 36.3 Å². The number of nitrogens with one attached hydrogen (secondary N) is 2. The van der Waals surface area contributed by atoms with E-state index in [1.807, 2.05) is 30.3 Å². The molecule has 4 rings (SSSR count). The van der Waals surface area contributed by atoms with Gasteiger partial charge in [-0.25, -0.2) is 4.98 Å². The largest absolute Gasteiger partial charge is 0.368 e. The SMILES string of the molecule is O=C(NCCNc1ccccn1)c1cccc(-c2noc(C3CC3)n2)c1. The van der Waals surface area contributed by atoms with Crippen molar-refractivity contribution >= 4 is 11.7 Å². The molecule has 2 N–H and O–H groups in total. The Labute approximate surface area is 150 Å². The van der Waals surface area contributed by atoms with Gasteiger partial charge < -0.3 is 15.2 Å². The van der Waals surface area contributed by atoms with Crippen LogP contribution in [0.25, 0.3) is 11.4 Å². The zero-order valence-electron chi connectivity index (χ0n) is 14.2. The lowest BCUT2D eigenvalue weighted by Gasteiger charge is -2.07. The van der Waals surface area contributed by atoms with E-state index in [1.54, 1.807) is 18.3 Å². The topological polar surface area (TPSA) is 92.9 Å². The van der Waals surface area contributed by atoms with E-state index in [2.05, 4.69) is 25.8 Å². The number of carbonyl (C=O) groups excluding carboxylic acids is 1. The van der Waals surface area contributed by atoms with Crippen molar-refractivity contribution < 1.29 is 9.32 Å². The summed E-state index contributed by atoms with van der Waals surface area (Å²) in [6, 6.07) is 12.9. The number of hydrogen-bond acceptors (Lipinski definition) is 6. The fraction of sp³-hybridized carbons (Fsp3) is 0.263. The van der Waals surface area contributed by atoms with Gasteiger partial charge in [0.2, 0.25) is 11.7 Å². The predicted octanol–water partition coefficient (Wildman–Crippen LogP) is 2.85. The molecule has 0 atom stereocenters. The van der Waals surface area contributed by atoms with Crippen LogP contribution in [0.5, 0.6) is 0 Å². The highest BCUT2D eigenvalue weighted by molar-refractivity contribution is 5.95. The number of hydrogen-bond donors (Lipinski definition) is 2. The third-order valence-electron chi connectivity index (χ3n) is 4.13. The highest BCUT2D eigenvalue weighted by atomic mass is 16.5. The first-order chi connectivity index (χ1) is 12.8. The first-order valence-electron chi connectivity index (χ1n) is 8.67. The lowest BCUT2D eigenvalue weighted by atomic mass is 10.1. The summed E-state index contributed by atoms with van der Waals surface area (Å²) in [6.07, 6.45) is 3.94. The Hall–Kier alpha value is -3.22. The fourth-order valence-corrected chi connectivity index (χ4v) is 2.58. The van der Waals surface area contributed by atoms with Crippen LogP contribution in [0.2, 0.25) is 0 Å². The van der Waals surface area contributed by atoms with Crippen LogP contribution in [0.15, 0.2) is 53.2 Å². The van der Waals surface area contributed by atoms with Crippen LogP contribution in [-0.2, 0) is 0 Å². The second-order valence-electron chi connectivity index (χ2n) is 6.21. The Bertz CT molecular complexity index is 890. The van der Waals surface area contributed by atoms with Gasteiger partial charge in [-0.2, -0.15) is 4.98 Å². The number of anilines is 1. The molecule has 1 aromatic carbocycles. The van der Waals surface area contributed by atoms with Crippen molar-refractivity contribution in [2.24, 2.45) is 0 Å². The fourth-order valence-electron chi connectivity index (χ4n) is 2.58. The van der Waals surface area contributed by atoms with Gasteiger partial charge in [0.25, 0.3) is 5.91 Å². The average Bonchev–Trinajstić information content (AvgIpc) is 3.43. The van der Waals surface area contributed by atoms with Gasteiger partial charge in [-0.3, -0.25) is 4.79 Å². The minimum Gasteiger partial charge on any atom is -0.368 e. The smallest absolute Gasteiger partial charge is 0.251 e. The molecular formula is C19H19N5O2. The van der Waals surface area contributed by atoms with Gasteiger partial charge in [-0.05, 0) is 37.1 Å². The van der Waals surface area contributed by atoms with Crippen LogP contribution in [0.4, 0.5) is 5.82 Å². The van der Waals surface area contributed by atoms with Crippen molar-refractivity contribution in [1.82, 2.24) is 20.4 Å². The number of amides is 1. The lowest BCUT2D eigenvalue weighted by molar-refractivity contribution is 0.0955. The van der Waals surface area contributed by atoms with E-state index in [-0.39, 0.29) is 5.91 Å². The van der Waals surface area contributed by atoms with Crippen molar-refractivity contribution in [3.05, 3.63) is 60.1 Å². The lowest BCUT2D eigenvalue weighted by Crippen LogP contribution is -2.28. The highest BCUT2D eigenvalue weighted by Gasteiger charge is 2.29. The first-order valence-corrected chi connectivity index (χ1v) is 8.67. The third kappa shape index (κ3) is 3.88. The van der Waals surface area contributed by atoms with E-state index < -0.39 is 0 Å². The summed E-state index contributed by atoms with van der Waals surface area (Å²) in [5, 5.41) is 10.1. The maximum absolute atomic E-state index is 12.3. The van der Waals surface area contributed by atoms with Crippen molar-refractivity contribution in [2.75, 3.05) is 18.4 Å². The van der Waals surface area contributed by atoms with Crippen molar-refractivity contribution in [1.29, 1.82) is 0 Å². The monoisotopic (exact) mass is 349 g/mol. The van der Waals surface area contributed by atoms with E-state index in [9.17, 15) is 4.79 Å². The number of benzene rings is 1. The zero-order valence-corrected chi connectivity index (χ0v) is 14.2. The van der Waals surface area contributed by atoms with E-state index in [1.165, 1.54) is 0 Å². The molecule has 1 saturated carbocycles. The Kier molecular flexibility index (Phi) is 4.59. The second kappa shape index (κ2) is 7.35. The number of rotatable bonds is 7. The molecule has 2 heterocycles. The molecule has 0 unspecified atom stereocenters. The summed E-state index contributed by atoms with van der Waals surface area (Å²) < 4.78 is 5.29. The van der Waals surface area contributed by atoms with Gasteiger partial charge in [0.05, 0.1) is 0 Å². The van der Waals surface area contributed by atoms with Crippen LogP contribution >= 0.6 is 0 Å². The molecule has 0 saturated heterocycles. The summed E-state index contributed by atoms with van der Waals surface area (Å²) in [4.78, 5) is 20.9. The van der Waals surface area contributed by atoms with E-state index in [0.29, 0.717) is 36.3 Å². The Morgan fingerprint density at radius 3 is 2.88 bits per heavy atom. The molecule has 132 valence electrons. The van der Waals surface area contributed by atoms with Crippen LogP contribution in [0, 0.1) is 0 Å². The van der Waals surface area contributed by atoms with Gasteiger partial charge >= 0.3 is 0 Å². The maximum atomic E-state index is 12.3. The average molecular weight is 349 g/mol. The van der Waals surface area contributed by atoms with Crippen LogP contribution in [0.3, 0.4) is 0 Å². The standard InChI is InChI=1S/C19H19N5O2/c25-18(22-11-10-21-16-6-1-2-9-20-16)15-5-3-4-14(12-15)17-23-19(26-24-17)13-7-8-13/h1-6,9,12-13H,7-8,10-11H2,(H,20,21)(H,22,25). The molecule has 1 aliphatic carbocycles. The second-order valence-corrected chi connectivity index (χ2v) is 6.21. The number of aromatic nitrogens is 3. The molecule has 2 aromatic heterocycles. The molecule has 3 aromatic rings. The minimum absolute atomic E-state index is 0.138. The normalized spacial score (nSPS) is 13.4. The molecule has 0 radical (unpaired) electrons. The molecule has 26 heavy (non-hydrogen) atoms. The van der Waals surface area contributed by atoms with E-state index in [4.69, 9.17) is 4.52 Å².